The molecule has 0 bridgehead atoms. The van der Waals surface area contributed by atoms with Gasteiger partial charge in [-0.1, -0.05) is 62.4 Å². The maximum atomic E-state index is 5.83. The second kappa shape index (κ2) is 7.96. The minimum atomic E-state index is 0.610. The highest BCUT2D eigenvalue weighted by Gasteiger charge is 2.07. The first-order valence-corrected chi connectivity index (χ1v) is 7.83. The van der Waals surface area contributed by atoms with Crippen molar-refractivity contribution in [2.75, 3.05) is 6.54 Å². The van der Waals surface area contributed by atoms with Gasteiger partial charge in [-0.25, -0.2) is 0 Å². The van der Waals surface area contributed by atoms with Crippen molar-refractivity contribution in [3.05, 3.63) is 70.8 Å². The largest absolute Gasteiger partial charge is 0.326 e. The van der Waals surface area contributed by atoms with E-state index in [0.29, 0.717) is 6.54 Å². The zero-order chi connectivity index (χ0) is 15.1. The number of hydrogen-bond acceptors (Lipinski definition) is 2. The molecule has 0 heterocycles. The van der Waals surface area contributed by atoms with E-state index in [4.69, 9.17) is 5.73 Å². The Bertz CT molecular complexity index is 546. The van der Waals surface area contributed by atoms with Crippen LogP contribution >= 0.6 is 0 Å². The lowest BCUT2D eigenvalue weighted by molar-refractivity contribution is 0.270. The van der Waals surface area contributed by atoms with Crippen molar-refractivity contribution >= 4 is 0 Å². The molecule has 2 nitrogen and oxygen atoms in total. The van der Waals surface area contributed by atoms with Crippen molar-refractivity contribution in [2.45, 2.75) is 39.9 Å². The summed E-state index contributed by atoms with van der Waals surface area (Å²) in [6.45, 7) is 7.99. The number of nitrogens with two attached hydrogens (primary N) is 1. The molecule has 0 aromatic heterocycles. The van der Waals surface area contributed by atoms with Gasteiger partial charge in [-0.3, -0.25) is 4.90 Å². The fourth-order valence-electron chi connectivity index (χ4n) is 2.57. The number of hydrogen-bond donors (Lipinski definition) is 1. The maximum absolute atomic E-state index is 5.83. The highest BCUT2D eigenvalue weighted by atomic mass is 15.1. The molecule has 2 aromatic carbocycles. The zero-order valence-electron chi connectivity index (χ0n) is 13.2. The lowest BCUT2D eigenvalue weighted by Gasteiger charge is -2.22. The van der Waals surface area contributed by atoms with E-state index < -0.39 is 0 Å². The van der Waals surface area contributed by atoms with Crippen LogP contribution in [0.25, 0.3) is 0 Å². The van der Waals surface area contributed by atoms with E-state index in [9.17, 15) is 0 Å². The summed E-state index contributed by atoms with van der Waals surface area (Å²) in [5, 5.41) is 0. The van der Waals surface area contributed by atoms with Crippen LogP contribution in [-0.4, -0.2) is 11.4 Å². The van der Waals surface area contributed by atoms with Crippen molar-refractivity contribution in [1.29, 1.82) is 0 Å². The summed E-state index contributed by atoms with van der Waals surface area (Å²) >= 11 is 0. The molecular weight excluding hydrogens is 256 g/mol. The van der Waals surface area contributed by atoms with Gasteiger partial charge in [0.05, 0.1) is 0 Å². The molecule has 0 unspecified atom stereocenters. The molecule has 0 aliphatic carbocycles. The summed E-state index contributed by atoms with van der Waals surface area (Å²) in [5.74, 6) is 0. The van der Waals surface area contributed by atoms with Crippen LogP contribution in [0.1, 0.15) is 36.1 Å². The van der Waals surface area contributed by atoms with Gasteiger partial charge in [0, 0.05) is 19.6 Å². The van der Waals surface area contributed by atoms with Crippen LogP contribution < -0.4 is 5.73 Å². The third-order valence-electron chi connectivity index (χ3n) is 4.02. The second-order valence-electron chi connectivity index (χ2n) is 5.45. The van der Waals surface area contributed by atoms with Gasteiger partial charge >= 0.3 is 0 Å². The van der Waals surface area contributed by atoms with Gasteiger partial charge in [0.1, 0.15) is 0 Å². The molecule has 2 heteroatoms. The predicted octanol–water partition coefficient (Wildman–Crippen LogP) is 3.73. The Morgan fingerprint density at radius 1 is 0.810 bits per heavy atom. The molecule has 2 rings (SSSR count). The monoisotopic (exact) mass is 282 g/mol. The minimum Gasteiger partial charge on any atom is -0.326 e. The molecule has 0 saturated heterocycles. The van der Waals surface area contributed by atoms with Crippen molar-refractivity contribution in [1.82, 2.24) is 4.90 Å². The van der Waals surface area contributed by atoms with Gasteiger partial charge < -0.3 is 5.73 Å². The molecule has 2 N–H and O–H groups in total. The van der Waals surface area contributed by atoms with Gasteiger partial charge in [0.25, 0.3) is 0 Å². The summed E-state index contributed by atoms with van der Waals surface area (Å²) in [4.78, 5) is 2.45. The molecule has 0 spiro atoms. The van der Waals surface area contributed by atoms with E-state index >= 15 is 0 Å². The van der Waals surface area contributed by atoms with Crippen molar-refractivity contribution in [3.8, 4) is 0 Å². The standard InChI is InChI=1S/C19H26N2/c1-3-16-9-11-17(12-10-16)14-21(4-2)15-19-8-6-5-7-18(19)13-20/h5-12H,3-4,13-15,20H2,1-2H3. The molecule has 0 fully saturated rings. The Balaban J connectivity index is 2.05. The van der Waals surface area contributed by atoms with Gasteiger partial charge in [0.2, 0.25) is 0 Å². The third-order valence-corrected chi connectivity index (χ3v) is 4.02. The van der Waals surface area contributed by atoms with Crippen molar-refractivity contribution in [3.63, 3.8) is 0 Å². The summed E-state index contributed by atoms with van der Waals surface area (Å²) < 4.78 is 0. The van der Waals surface area contributed by atoms with Crippen LogP contribution in [0.2, 0.25) is 0 Å². The number of rotatable bonds is 7. The SMILES string of the molecule is CCc1ccc(CN(CC)Cc2ccccc2CN)cc1. The van der Waals surface area contributed by atoms with Gasteiger partial charge in [0.15, 0.2) is 0 Å². The van der Waals surface area contributed by atoms with Gasteiger partial charge in [-0.2, -0.15) is 0 Å². The second-order valence-corrected chi connectivity index (χ2v) is 5.45. The maximum Gasteiger partial charge on any atom is 0.0240 e. The topological polar surface area (TPSA) is 29.3 Å². The van der Waals surface area contributed by atoms with E-state index in [1.54, 1.807) is 0 Å². The van der Waals surface area contributed by atoms with Gasteiger partial charge in [-0.05, 0) is 35.2 Å². The summed E-state index contributed by atoms with van der Waals surface area (Å²) in [6, 6.07) is 17.4. The highest BCUT2D eigenvalue weighted by Crippen LogP contribution is 2.14. The van der Waals surface area contributed by atoms with E-state index in [2.05, 4.69) is 67.3 Å². The first kappa shape index (κ1) is 15.7. The average Bonchev–Trinajstić information content (AvgIpc) is 2.55. The third kappa shape index (κ3) is 4.42. The van der Waals surface area contributed by atoms with Crippen LogP contribution in [0, 0.1) is 0 Å². The molecule has 21 heavy (non-hydrogen) atoms. The van der Waals surface area contributed by atoms with Crippen LogP contribution in [0.5, 0.6) is 0 Å². The minimum absolute atomic E-state index is 0.610. The van der Waals surface area contributed by atoms with Crippen molar-refractivity contribution in [2.24, 2.45) is 5.73 Å². The molecule has 112 valence electrons. The molecular formula is C19H26N2. The zero-order valence-corrected chi connectivity index (χ0v) is 13.2. The molecule has 0 atom stereocenters. The molecule has 0 saturated carbocycles. The average molecular weight is 282 g/mol. The quantitative estimate of drug-likeness (QED) is 0.838. The van der Waals surface area contributed by atoms with E-state index in [1.165, 1.54) is 22.3 Å². The van der Waals surface area contributed by atoms with Gasteiger partial charge in [-0.15, -0.1) is 0 Å². The normalized spacial score (nSPS) is 11.0. The Morgan fingerprint density at radius 3 is 2.00 bits per heavy atom. The lowest BCUT2D eigenvalue weighted by atomic mass is 10.1. The predicted molar refractivity (Wildman–Crippen MR) is 89.9 cm³/mol. The first-order chi connectivity index (χ1) is 10.3. The van der Waals surface area contributed by atoms with E-state index in [0.717, 1.165) is 26.1 Å². The highest BCUT2D eigenvalue weighted by molar-refractivity contribution is 5.27. The summed E-state index contributed by atoms with van der Waals surface area (Å²) in [7, 11) is 0. The Kier molecular flexibility index (Phi) is 5.97. The molecule has 0 amide bonds. The fraction of sp³-hybridized carbons (Fsp3) is 0.368. The molecule has 0 aliphatic rings. The van der Waals surface area contributed by atoms with Crippen molar-refractivity contribution < 1.29 is 0 Å². The first-order valence-electron chi connectivity index (χ1n) is 7.83. The summed E-state index contributed by atoms with van der Waals surface area (Å²) in [5.41, 5.74) is 11.2. The Hall–Kier alpha value is -1.64. The van der Waals surface area contributed by atoms with Crippen LogP contribution in [-0.2, 0) is 26.1 Å². The van der Waals surface area contributed by atoms with Crippen LogP contribution in [0.4, 0.5) is 0 Å². The lowest BCUT2D eigenvalue weighted by Crippen LogP contribution is -2.23. The number of nitrogens with zero attached hydrogens (tertiary/aromatic N) is 1. The molecule has 0 radical (unpaired) electrons. The van der Waals surface area contributed by atoms with E-state index in [-0.39, 0.29) is 0 Å². The van der Waals surface area contributed by atoms with Crippen LogP contribution in [0.15, 0.2) is 48.5 Å². The number of benzene rings is 2. The molecule has 2 aromatic rings. The molecule has 0 aliphatic heterocycles. The Morgan fingerprint density at radius 2 is 1.43 bits per heavy atom. The van der Waals surface area contributed by atoms with E-state index in [1.807, 2.05) is 0 Å². The Labute approximate surface area is 128 Å². The summed E-state index contributed by atoms with van der Waals surface area (Å²) in [6.07, 6.45) is 1.10. The smallest absolute Gasteiger partial charge is 0.0240 e. The number of aryl methyl sites for hydroxylation is 1. The fourth-order valence-corrected chi connectivity index (χ4v) is 2.57. The van der Waals surface area contributed by atoms with Crippen LogP contribution in [0.3, 0.4) is 0 Å².